The number of imide groups is 1. The van der Waals surface area contributed by atoms with Crippen molar-refractivity contribution in [3.05, 3.63) is 55.4 Å². The molecule has 6 nitrogen and oxygen atoms in total. The van der Waals surface area contributed by atoms with E-state index in [0.717, 1.165) is 76.7 Å². The van der Waals surface area contributed by atoms with Crippen LogP contribution in [-0.4, -0.2) is 30.0 Å². The summed E-state index contributed by atoms with van der Waals surface area (Å²) in [6.07, 6.45) is 5.58. The summed E-state index contributed by atoms with van der Waals surface area (Å²) in [6, 6.07) is 5.59. The molecule has 1 saturated heterocycles. The molecule has 36 heavy (non-hydrogen) atoms. The van der Waals surface area contributed by atoms with Gasteiger partial charge in [0.15, 0.2) is 0 Å². The van der Waals surface area contributed by atoms with Crippen molar-refractivity contribution in [3.63, 3.8) is 0 Å². The summed E-state index contributed by atoms with van der Waals surface area (Å²) >= 11 is 4.47. The van der Waals surface area contributed by atoms with Crippen LogP contribution < -0.4 is 19.5 Å². The number of thioether (sulfide) groups is 1. The van der Waals surface area contributed by atoms with Gasteiger partial charge in [-0.2, -0.15) is 0 Å². The maximum atomic E-state index is 11.8. The second-order valence-electron chi connectivity index (χ2n) is 9.60. The Morgan fingerprint density at radius 2 is 1.94 bits per heavy atom. The van der Waals surface area contributed by atoms with E-state index in [2.05, 4.69) is 55.9 Å². The number of carbonyl (C=O) groups excluding carboxylic acids is 2. The third-order valence-corrected chi connectivity index (χ3v) is 8.17. The second-order valence-corrected chi connectivity index (χ2v) is 11.5. The van der Waals surface area contributed by atoms with Crippen LogP contribution in [0.2, 0.25) is 0 Å². The number of nitrogens with one attached hydrogen (secondary N) is 1. The van der Waals surface area contributed by atoms with E-state index >= 15 is 0 Å². The standard InChI is InChI=1S/C28H32BrNO5S/c1-6-7-12-33-24-16(2)17(3)25-20(18(24)4)10-11-28(5,35-25)15-34-22-9-8-19(13-21(22)29)14-23-26(31)30-27(32)36-23/h8-9,13-14H,6-7,10-12,15H2,1-5H3,(H,30,31,32)/b23-14+. The largest absolute Gasteiger partial charge is 0.493 e. The van der Waals surface area contributed by atoms with Crippen LogP contribution in [-0.2, 0) is 11.2 Å². The van der Waals surface area contributed by atoms with E-state index in [1.54, 1.807) is 6.08 Å². The Hall–Kier alpha value is -2.45. The van der Waals surface area contributed by atoms with E-state index in [0.29, 0.717) is 17.3 Å². The zero-order valence-corrected chi connectivity index (χ0v) is 23.8. The number of carbonyl (C=O) groups is 2. The van der Waals surface area contributed by atoms with Gasteiger partial charge in [0.2, 0.25) is 0 Å². The van der Waals surface area contributed by atoms with Gasteiger partial charge in [0.25, 0.3) is 11.1 Å². The Balaban J connectivity index is 1.47. The lowest BCUT2D eigenvalue weighted by Crippen LogP contribution is -2.42. The molecule has 2 aromatic rings. The van der Waals surface area contributed by atoms with Crippen LogP contribution in [0.5, 0.6) is 17.2 Å². The predicted octanol–water partition coefficient (Wildman–Crippen LogP) is 7.04. The molecule has 2 aliphatic heterocycles. The molecule has 4 rings (SSSR count). The van der Waals surface area contributed by atoms with Crippen LogP contribution in [0.3, 0.4) is 0 Å². The fourth-order valence-electron chi connectivity index (χ4n) is 4.45. The number of unbranched alkanes of at least 4 members (excludes halogenated alkanes) is 1. The minimum absolute atomic E-state index is 0.353. The van der Waals surface area contributed by atoms with Gasteiger partial charge in [0.1, 0.15) is 29.5 Å². The molecule has 0 aromatic heterocycles. The van der Waals surface area contributed by atoms with Crippen molar-refractivity contribution >= 4 is 44.9 Å². The average molecular weight is 575 g/mol. The van der Waals surface area contributed by atoms with Crippen LogP contribution in [0.25, 0.3) is 6.08 Å². The lowest BCUT2D eigenvalue weighted by Gasteiger charge is -2.38. The number of amides is 2. The Bertz CT molecular complexity index is 1240. The summed E-state index contributed by atoms with van der Waals surface area (Å²) in [4.78, 5) is 23.6. The fraction of sp³-hybridized carbons (Fsp3) is 0.429. The van der Waals surface area contributed by atoms with Crippen molar-refractivity contribution in [1.82, 2.24) is 5.32 Å². The number of halogens is 1. The minimum atomic E-state index is -0.472. The first-order valence-corrected chi connectivity index (χ1v) is 13.8. The molecule has 2 heterocycles. The highest BCUT2D eigenvalue weighted by Gasteiger charge is 2.36. The first kappa shape index (κ1) is 26.6. The molecule has 2 aliphatic rings. The second kappa shape index (κ2) is 10.9. The van der Waals surface area contributed by atoms with Crippen LogP contribution in [0.15, 0.2) is 27.6 Å². The molecule has 0 spiro atoms. The van der Waals surface area contributed by atoms with Gasteiger partial charge in [0, 0.05) is 5.56 Å². The van der Waals surface area contributed by atoms with Gasteiger partial charge in [-0.1, -0.05) is 19.4 Å². The smallest absolute Gasteiger partial charge is 0.290 e. The summed E-state index contributed by atoms with van der Waals surface area (Å²) in [5, 5.41) is 1.91. The normalized spacial score (nSPS) is 20.2. The zero-order chi connectivity index (χ0) is 26.0. The molecule has 1 fully saturated rings. The van der Waals surface area contributed by atoms with Crippen molar-refractivity contribution in [1.29, 1.82) is 0 Å². The third kappa shape index (κ3) is 5.59. The van der Waals surface area contributed by atoms with E-state index in [9.17, 15) is 9.59 Å². The number of rotatable bonds is 8. The first-order chi connectivity index (χ1) is 17.1. The number of hydrogen-bond acceptors (Lipinski definition) is 6. The third-order valence-electron chi connectivity index (χ3n) is 6.74. The fourth-order valence-corrected chi connectivity index (χ4v) is 5.64. The van der Waals surface area contributed by atoms with Crippen molar-refractivity contribution in [3.8, 4) is 17.2 Å². The minimum Gasteiger partial charge on any atom is -0.493 e. The Labute approximate surface area is 225 Å². The van der Waals surface area contributed by atoms with Crippen molar-refractivity contribution in [2.45, 2.75) is 65.9 Å². The Morgan fingerprint density at radius 1 is 1.17 bits per heavy atom. The maximum absolute atomic E-state index is 11.8. The Morgan fingerprint density at radius 3 is 2.61 bits per heavy atom. The molecule has 1 atom stereocenters. The molecule has 1 N–H and O–H groups in total. The SMILES string of the molecule is CCCCOc1c(C)c(C)c2c(c1C)CCC(C)(COc1ccc(/C=C3/SC(=O)NC3=O)cc1Br)O2. The van der Waals surface area contributed by atoms with Crippen LogP contribution >= 0.6 is 27.7 Å². The summed E-state index contributed by atoms with van der Waals surface area (Å²) in [6.45, 7) is 11.7. The summed E-state index contributed by atoms with van der Waals surface area (Å²) < 4.78 is 19.7. The van der Waals surface area contributed by atoms with E-state index in [-0.39, 0.29) is 11.1 Å². The highest BCUT2D eigenvalue weighted by atomic mass is 79.9. The maximum Gasteiger partial charge on any atom is 0.290 e. The average Bonchev–Trinajstić information content (AvgIpc) is 3.15. The van der Waals surface area contributed by atoms with E-state index < -0.39 is 5.60 Å². The summed E-state index contributed by atoms with van der Waals surface area (Å²) in [5.41, 5.74) is 4.99. The van der Waals surface area contributed by atoms with Crippen LogP contribution in [0.1, 0.15) is 60.9 Å². The molecule has 2 amide bonds. The van der Waals surface area contributed by atoms with Crippen LogP contribution in [0, 0.1) is 20.8 Å². The highest BCUT2D eigenvalue weighted by Crippen LogP contribution is 2.44. The quantitative estimate of drug-likeness (QED) is 0.269. The number of hydrogen-bond donors (Lipinski definition) is 1. The van der Waals surface area contributed by atoms with Crippen molar-refractivity contribution < 1.29 is 23.8 Å². The predicted molar refractivity (Wildman–Crippen MR) is 147 cm³/mol. The van der Waals surface area contributed by atoms with Crippen molar-refractivity contribution in [2.24, 2.45) is 0 Å². The number of benzene rings is 2. The topological polar surface area (TPSA) is 73.9 Å². The molecule has 192 valence electrons. The van der Waals surface area contributed by atoms with Gasteiger partial charge in [-0.25, -0.2) is 0 Å². The van der Waals surface area contributed by atoms with E-state index in [4.69, 9.17) is 14.2 Å². The van der Waals surface area contributed by atoms with Gasteiger partial charge in [-0.15, -0.1) is 0 Å². The molecule has 0 saturated carbocycles. The Kier molecular flexibility index (Phi) is 8.05. The van der Waals surface area contributed by atoms with E-state index in [1.807, 2.05) is 18.2 Å². The molecule has 0 radical (unpaired) electrons. The molecular weight excluding hydrogens is 542 g/mol. The number of ether oxygens (including phenoxy) is 3. The van der Waals surface area contributed by atoms with Crippen molar-refractivity contribution in [2.75, 3.05) is 13.2 Å². The molecule has 8 heteroatoms. The molecule has 0 aliphatic carbocycles. The van der Waals surface area contributed by atoms with E-state index in [1.165, 1.54) is 11.1 Å². The van der Waals surface area contributed by atoms with Crippen LogP contribution in [0.4, 0.5) is 4.79 Å². The van der Waals surface area contributed by atoms with Gasteiger partial charge >= 0.3 is 0 Å². The zero-order valence-electron chi connectivity index (χ0n) is 21.4. The lowest BCUT2D eigenvalue weighted by molar-refractivity contribution is -0.115. The highest BCUT2D eigenvalue weighted by molar-refractivity contribution is 9.10. The molecule has 1 unspecified atom stereocenters. The van der Waals surface area contributed by atoms with Gasteiger partial charge in [-0.05, 0) is 115 Å². The lowest BCUT2D eigenvalue weighted by atomic mass is 9.87. The first-order valence-electron chi connectivity index (χ1n) is 12.2. The molecule has 0 bridgehead atoms. The number of fused-ring (bicyclic) bond motifs is 1. The van der Waals surface area contributed by atoms with Gasteiger partial charge in [0.05, 0.1) is 16.0 Å². The van der Waals surface area contributed by atoms with Gasteiger partial charge < -0.3 is 14.2 Å². The monoisotopic (exact) mass is 573 g/mol. The summed E-state index contributed by atoms with van der Waals surface area (Å²) in [7, 11) is 0. The van der Waals surface area contributed by atoms with Gasteiger partial charge in [-0.3, -0.25) is 14.9 Å². The summed E-state index contributed by atoms with van der Waals surface area (Å²) in [5.74, 6) is 2.27. The molecule has 2 aromatic carbocycles. The molecular formula is C28H32BrNO5S.